The molecule has 0 spiro atoms. The number of aryl methyl sites for hydroxylation is 2. The summed E-state index contributed by atoms with van der Waals surface area (Å²) in [6.45, 7) is 5.16. The highest BCUT2D eigenvalue weighted by atomic mass is 32.2. The fraction of sp³-hybridized carbons (Fsp3) is 0.444. The van der Waals surface area contributed by atoms with E-state index in [0.717, 1.165) is 30.6 Å². The quantitative estimate of drug-likeness (QED) is 0.500. The standard InChI is InChI=1S/C16H23N5O4S.C2HF3O2/c1-5-6-21-13(7-11(2)18-21)10-20(3)15-14(16(22)23)8-12(9-17-15)19-26(4,24)25;3-2(4,5)1(6)7/h7-9,19H,5-6,10H2,1-4H3,(H,22,23);(H,6,7). The van der Waals surface area contributed by atoms with Crippen LogP contribution in [0, 0.1) is 6.92 Å². The van der Waals surface area contributed by atoms with Gasteiger partial charge in [-0.2, -0.15) is 18.3 Å². The van der Waals surface area contributed by atoms with Crippen LogP contribution in [0.4, 0.5) is 24.7 Å². The number of alkyl halides is 3. The molecule has 3 N–H and O–H groups in total. The van der Waals surface area contributed by atoms with Crippen molar-refractivity contribution >= 4 is 33.5 Å². The Kier molecular flexibility index (Phi) is 9.21. The summed E-state index contributed by atoms with van der Waals surface area (Å²) in [5, 5.41) is 21.0. The number of pyridine rings is 1. The Morgan fingerprint density at radius 3 is 2.27 bits per heavy atom. The molecule has 2 heterocycles. The third kappa shape index (κ3) is 8.96. The van der Waals surface area contributed by atoms with Gasteiger partial charge in [-0.3, -0.25) is 9.40 Å². The van der Waals surface area contributed by atoms with Crippen LogP contribution >= 0.6 is 0 Å². The number of aliphatic carboxylic acids is 1. The van der Waals surface area contributed by atoms with Crippen molar-refractivity contribution in [1.29, 1.82) is 0 Å². The first-order chi connectivity index (χ1) is 15.0. The maximum absolute atomic E-state index is 11.6. The number of anilines is 2. The van der Waals surface area contributed by atoms with Crippen molar-refractivity contribution in [1.82, 2.24) is 14.8 Å². The lowest BCUT2D eigenvalue weighted by Crippen LogP contribution is -2.23. The van der Waals surface area contributed by atoms with Crippen LogP contribution in [0.1, 0.15) is 35.1 Å². The Hall–Kier alpha value is -3.36. The topological polar surface area (TPSA) is 155 Å². The lowest BCUT2D eigenvalue weighted by molar-refractivity contribution is -0.192. The van der Waals surface area contributed by atoms with Crippen molar-refractivity contribution in [2.45, 2.75) is 39.5 Å². The number of hydrogen-bond acceptors (Lipinski definition) is 7. The highest BCUT2D eigenvalue weighted by Gasteiger charge is 2.38. The van der Waals surface area contributed by atoms with Gasteiger partial charge in [0.2, 0.25) is 10.0 Å². The summed E-state index contributed by atoms with van der Waals surface area (Å²) in [5.41, 5.74) is 1.86. The van der Waals surface area contributed by atoms with E-state index in [0.29, 0.717) is 6.54 Å². The van der Waals surface area contributed by atoms with E-state index in [-0.39, 0.29) is 17.1 Å². The molecule has 0 saturated heterocycles. The molecule has 0 unspecified atom stereocenters. The van der Waals surface area contributed by atoms with Gasteiger partial charge in [0, 0.05) is 13.6 Å². The fourth-order valence-corrected chi connectivity index (χ4v) is 3.18. The van der Waals surface area contributed by atoms with E-state index in [1.165, 1.54) is 12.3 Å². The number of carboxylic acids is 2. The monoisotopic (exact) mass is 495 g/mol. The SMILES string of the molecule is CCCn1nc(C)cc1CN(C)c1ncc(NS(C)(=O)=O)cc1C(=O)O.O=C(O)C(F)(F)F. The van der Waals surface area contributed by atoms with E-state index in [1.54, 1.807) is 11.9 Å². The second-order valence-electron chi connectivity index (χ2n) is 6.93. The number of aromatic carboxylic acids is 1. The molecule has 33 heavy (non-hydrogen) atoms. The van der Waals surface area contributed by atoms with Crippen LogP contribution < -0.4 is 9.62 Å². The van der Waals surface area contributed by atoms with E-state index in [1.807, 2.05) is 17.7 Å². The van der Waals surface area contributed by atoms with Crippen molar-refractivity contribution in [3.8, 4) is 0 Å². The maximum Gasteiger partial charge on any atom is 0.490 e. The Bertz CT molecular complexity index is 1100. The third-order valence-electron chi connectivity index (χ3n) is 3.82. The van der Waals surface area contributed by atoms with Crippen LogP contribution in [0.5, 0.6) is 0 Å². The molecule has 0 aliphatic carbocycles. The van der Waals surface area contributed by atoms with Gasteiger partial charge in [0.15, 0.2) is 0 Å². The van der Waals surface area contributed by atoms with Crippen molar-refractivity contribution in [3.05, 3.63) is 35.3 Å². The smallest absolute Gasteiger partial charge is 0.478 e. The molecule has 184 valence electrons. The average Bonchev–Trinajstić information content (AvgIpc) is 2.99. The minimum atomic E-state index is -5.08. The summed E-state index contributed by atoms with van der Waals surface area (Å²) in [4.78, 5) is 26.4. The summed E-state index contributed by atoms with van der Waals surface area (Å²) in [5.74, 6) is -3.69. The number of aromatic nitrogens is 3. The number of nitrogens with zero attached hydrogens (tertiary/aromatic N) is 4. The van der Waals surface area contributed by atoms with Crippen LogP contribution in [0.2, 0.25) is 0 Å². The van der Waals surface area contributed by atoms with Gasteiger partial charge in [-0.1, -0.05) is 6.92 Å². The van der Waals surface area contributed by atoms with E-state index < -0.39 is 28.1 Å². The molecule has 0 radical (unpaired) electrons. The first-order valence-electron chi connectivity index (χ1n) is 9.30. The molecule has 0 aliphatic heterocycles. The van der Waals surface area contributed by atoms with Gasteiger partial charge in [0.25, 0.3) is 0 Å². The molecule has 0 saturated carbocycles. The molecule has 0 aliphatic rings. The lowest BCUT2D eigenvalue weighted by atomic mass is 10.2. The predicted molar refractivity (Wildman–Crippen MR) is 113 cm³/mol. The van der Waals surface area contributed by atoms with E-state index in [9.17, 15) is 31.5 Å². The summed E-state index contributed by atoms with van der Waals surface area (Å²) in [7, 11) is -1.79. The number of rotatable bonds is 8. The number of carbonyl (C=O) groups is 2. The van der Waals surface area contributed by atoms with Crippen molar-refractivity contribution in [2.24, 2.45) is 0 Å². The Balaban J connectivity index is 0.000000675. The van der Waals surface area contributed by atoms with Crippen molar-refractivity contribution in [3.63, 3.8) is 0 Å². The number of nitrogens with one attached hydrogen (secondary N) is 1. The Labute approximate surface area is 187 Å². The Morgan fingerprint density at radius 2 is 1.82 bits per heavy atom. The second kappa shape index (κ2) is 11.0. The first-order valence-corrected chi connectivity index (χ1v) is 11.2. The second-order valence-corrected chi connectivity index (χ2v) is 8.68. The number of halogens is 3. The predicted octanol–water partition coefficient (Wildman–Crippen LogP) is 2.34. The molecule has 0 atom stereocenters. The van der Waals surface area contributed by atoms with Crippen LogP contribution in [-0.4, -0.2) is 64.8 Å². The van der Waals surface area contributed by atoms with E-state index >= 15 is 0 Å². The van der Waals surface area contributed by atoms with Crippen LogP contribution in [0.25, 0.3) is 0 Å². The minimum Gasteiger partial charge on any atom is -0.478 e. The highest BCUT2D eigenvalue weighted by Crippen LogP contribution is 2.23. The van der Waals surface area contributed by atoms with Crippen LogP contribution in [0.15, 0.2) is 18.3 Å². The van der Waals surface area contributed by atoms with Gasteiger partial charge in [-0.15, -0.1) is 0 Å². The van der Waals surface area contributed by atoms with Crippen LogP contribution in [0.3, 0.4) is 0 Å². The largest absolute Gasteiger partial charge is 0.490 e. The molecule has 2 aromatic rings. The van der Waals surface area contributed by atoms with Gasteiger partial charge in [0.1, 0.15) is 11.4 Å². The summed E-state index contributed by atoms with van der Waals surface area (Å²) >= 11 is 0. The summed E-state index contributed by atoms with van der Waals surface area (Å²) in [6.07, 6.45) is -1.86. The van der Waals surface area contributed by atoms with Gasteiger partial charge >= 0.3 is 18.1 Å². The van der Waals surface area contributed by atoms with Gasteiger partial charge in [0.05, 0.1) is 36.1 Å². The minimum absolute atomic E-state index is 0.0839. The fourth-order valence-electron chi connectivity index (χ4n) is 2.64. The zero-order valence-corrected chi connectivity index (χ0v) is 19.0. The molecular weight excluding hydrogens is 471 g/mol. The highest BCUT2D eigenvalue weighted by molar-refractivity contribution is 7.92. The van der Waals surface area contributed by atoms with E-state index in [4.69, 9.17) is 9.90 Å². The van der Waals surface area contributed by atoms with E-state index in [2.05, 4.69) is 21.7 Å². The molecule has 2 rings (SSSR count). The third-order valence-corrected chi connectivity index (χ3v) is 4.43. The van der Waals surface area contributed by atoms with Gasteiger partial charge in [-0.05, 0) is 25.5 Å². The number of sulfonamides is 1. The molecule has 11 nitrogen and oxygen atoms in total. The molecule has 15 heteroatoms. The number of carboxylic acid groups (broad SMARTS) is 2. The van der Waals surface area contributed by atoms with Crippen LogP contribution in [-0.2, 0) is 27.9 Å². The average molecular weight is 495 g/mol. The van der Waals surface area contributed by atoms with Gasteiger partial charge in [-0.25, -0.2) is 23.0 Å². The molecule has 0 bridgehead atoms. The number of hydrogen-bond donors (Lipinski definition) is 3. The lowest BCUT2D eigenvalue weighted by Gasteiger charge is -2.21. The molecule has 0 aromatic carbocycles. The zero-order chi connectivity index (χ0) is 25.6. The molecule has 2 aromatic heterocycles. The van der Waals surface area contributed by atoms with Crippen molar-refractivity contribution < 1.29 is 41.4 Å². The summed E-state index contributed by atoms with van der Waals surface area (Å²) in [6, 6.07) is 3.21. The normalized spacial score (nSPS) is 11.4. The summed E-state index contributed by atoms with van der Waals surface area (Å²) < 4.78 is 58.5. The van der Waals surface area contributed by atoms with Crippen molar-refractivity contribution in [2.75, 3.05) is 22.9 Å². The Morgan fingerprint density at radius 1 is 1.24 bits per heavy atom. The zero-order valence-electron chi connectivity index (χ0n) is 18.2. The maximum atomic E-state index is 11.6. The molecule has 0 fully saturated rings. The van der Waals surface area contributed by atoms with Gasteiger partial charge < -0.3 is 15.1 Å². The first kappa shape index (κ1) is 27.7. The molecule has 0 amide bonds. The molecular formula is C18H24F3N5O6S.